The van der Waals surface area contributed by atoms with Crippen LogP contribution in [0.3, 0.4) is 0 Å². The second-order valence-electron chi connectivity index (χ2n) is 20.4. The molecule has 0 amide bonds. The first-order chi connectivity index (χ1) is 39.4. The Kier molecular flexibility index (Phi) is 25.8. The van der Waals surface area contributed by atoms with E-state index >= 15 is 0 Å². The molecule has 6 saturated heterocycles. The SMILES string of the molecule is NCCOP(=O)(O)OC[C@H](O)[C@H]1O[C@H](O[C@H]2[C@@H]([C@H](O)CO)O[C@@](O)(C(=O)O)C[C@H]2O)[C@@H](O)[C@@H](O[C@@H]2O[C@H]([C@@H](O)CO)[C@@H](O)[C@H](O)[C@@H]2O[C@H]2O[C@H]([C@H](O)CO[C@@H]3O[C@H](CO)[C@H](O[C@H]4O[C@H](CO)[C@@H](O)[C@H](O)[C@H]4O)[C@H](O)[C@H]3O)[C@@H](O)[C@H](O)[C@@H]2O)[C@@H]1O. The molecule has 0 aromatic heterocycles. The summed E-state index contributed by atoms with van der Waals surface area (Å²) in [6.45, 7) is -7.63. The molecule has 34 atom stereocenters. The number of phosphoric ester groups is 1. The molecule has 41 heteroatoms. The minimum absolute atomic E-state index is 0.297. The Hall–Kier alpha value is -1.78. The van der Waals surface area contributed by atoms with Gasteiger partial charge >= 0.3 is 13.8 Å². The van der Waals surface area contributed by atoms with E-state index in [2.05, 4.69) is 4.52 Å². The summed E-state index contributed by atoms with van der Waals surface area (Å²) in [7, 11) is -5.05. The molecule has 0 aliphatic carbocycles. The molecule has 84 heavy (non-hydrogen) atoms. The Bertz CT molecular complexity index is 2080. The molecule has 0 aromatic carbocycles. The maximum atomic E-state index is 12.5. The van der Waals surface area contributed by atoms with Gasteiger partial charge in [-0.2, -0.15) is 0 Å². The molecule has 6 aliphatic heterocycles. The second-order valence-corrected chi connectivity index (χ2v) is 21.9. The van der Waals surface area contributed by atoms with Crippen LogP contribution >= 0.6 is 7.82 Å². The van der Waals surface area contributed by atoms with Gasteiger partial charge in [0.15, 0.2) is 31.5 Å². The van der Waals surface area contributed by atoms with E-state index in [1.165, 1.54) is 0 Å². The summed E-state index contributed by atoms with van der Waals surface area (Å²) >= 11 is 0. The second kappa shape index (κ2) is 30.4. The molecule has 26 N–H and O–H groups in total. The zero-order chi connectivity index (χ0) is 62.6. The zero-order valence-corrected chi connectivity index (χ0v) is 44.6. The van der Waals surface area contributed by atoms with Gasteiger partial charge in [0.2, 0.25) is 0 Å². The molecule has 6 rings (SSSR count). The first-order valence-corrected chi connectivity index (χ1v) is 27.4. The lowest BCUT2D eigenvalue weighted by atomic mass is 9.91. The van der Waals surface area contributed by atoms with Gasteiger partial charge in [0.05, 0.1) is 52.4 Å². The number of rotatable bonds is 26. The molecule has 6 heterocycles. The number of nitrogens with two attached hydrogens (primary N) is 1. The smallest absolute Gasteiger partial charge is 0.472 e. The number of aliphatic hydroxyl groups excluding tert-OH is 21. The van der Waals surface area contributed by atoms with Crippen LogP contribution in [-0.4, -0.2) is 383 Å². The third-order valence-electron chi connectivity index (χ3n) is 14.6. The summed E-state index contributed by atoms with van der Waals surface area (Å²) in [5.41, 5.74) is 5.29. The maximum absolute atomic E-state index is 12.5. The number of phosphoric acid groups is 1. The van der Waals surface area contributed by atoms with Gasteiger partial charge in [0.25, 0.3) is 5.79 Å². The summed E-state index contributed by atoms with van der Waals surface area (Å²) in [6, 6.07) is 0. The summed E-state index contributed by atoms with van der Waals surface area (Å²) in [4.78, 5) is 22.0. The van der Waals surface area contributed by atoms with Crippen LogP contribution in [0.15, 0.2) is 0 Å². The first kappa shape index (κ1) is 71.3. The summed E-state index contributed by atoms with van der Waals surface area (Å²) in [5, 5.41) is 247. The maximum Gasteiger partial charge on any atom is 0.472 e. The van der Waals surface area contributed by atoms with E-state index in [-0.39, 0.29) is 6.54 Å². The first-order valence-electron chi connectivity index (χ1n) is 25.9. The Morgan fingerprint density at radius 1 is 0.500 bits per heavy atom. The van der Waals surface area contributed by atoms with E-state index in [0.29, 0.717) is 0 Å². The van der Waals surface area contributed by atoms with Crippen molar-refractivity contribution in [3.05, 3.63) is 0 Å². The van der Waals surface area contributed by atoms with Crippen molar-refractivity contribution in [3.63, 3.8) is 0 Å². The number of carboxylic acid groups (broad SMARTS) is 1. The van der Waals surface area contributed by atoms with E-state index < -0.39 is 269 Å². The van der Waals surface area contributed by atoms with Crippen molar-refractivity contribution in [1.29, 1.82) is 0 Å². The van der Waals surface area contributed by atoms with E-state index in [1.54, 1.807) is 0 Å². The Balaban J connectivity index is 1.24. The van der Waals surface area contributed by atoms with Gasteiger partial charge < -0.3 is 180 Å². The highest BCUT2D eigenvalue weighted by molar-refractivity contribution is 7.47. The highest BCUT2D eigenvalue weighted by Crippen LogP contribution is 2.44. The Morgan fingerprint density at radius 3 is 1.54 bits per heavy atom. The van der Waals surface area contributed by atoms with E-state index in [0.717, 1.165) is 0 Å². The molecular weight excluding hydrogens is 1190 g/mol. The van der Waals surface area contributed by atoms with Crippen molar-refractivity contribution >= 4 is 13.8 Å². The number of carbonyl (C=O) groups is 1. The average molecular weight is 1260 g/mol. The van der Waals surface area contributed by atoms with Crippen LogP contribution in [0.1, 0.15) is 6.42 Å². The molecule has 6 aliphatic rings. The lowest BCUT2D eigenvalue weighted by Gasteiger charge is -2.50. The quantitative estimate of drug-likeness (QED) is 0.0358. The van der Waals surface area contributed by atoms with Crippen LogP contribution in [0.5, 0.6) is 0 Å². The van der Waals surface area contributed by atoms with Gasteiger partial charge in [-0.3, -0.25) is 9.05 Å². The molecule has 0 bridgehead atoms. The molecule has 1 unspecified atom stereocenters. The van der Waals surface area contributed by atoms with Crippen LogP contribution in [0.25, 0.3) is 0 Å². The topological polar surface area (TPSA) is 666 Å². The molecule has 492 valence electrons. The summed E-state index contributed by atoms with van der Waals surface area (Å²) in [5.74, 6) is -5.33. The van der Waals surface area contributed by atoms with Crippen LogP contribution in [0, 0.1) is 0 Å². The van der Waals surface area contributed by atoms with Gasteiger partial charge in [0, 0.05) is 13.0 Å². The fourth-order valence-corrected chi connectivity index (χ4v) is 10.6. The molecule has 0 radical (unpaired) electrons. The third-order valence-corrected chi connectivity index (χ3v) is 15.5. The minimum Gasteiger partial charge on any atom is -0.477 e. The average Bonchev–Trinajstić information content (AvgIpc) is 1.76. The summed E-state index contributed by atoms with van der Waals surface area (Å²) < 4.78 is 82.9. The van der Waals surface area contributed by atoms with Gasteiger partial charge in [-0.15, -0.1) is 0 Å². The third kappa shape index (κ3) is 15.9. The Labute approximate surface area is 473 Å². The summed E-state index contributed by atoms with van der Waals surface area (Å²) in [6.07, 6.45) is -71.5. The number of aliphatic carboxylic acids is 1. The van der Waals surface area contributed by atoms with Gasteiger partial charge in [-0.1, -0.05) is 0 Å². The van der Waals surface area contributed by atoms with Crippen molar-refractivity contribution in [1.82, 2.24) is 0 Å². The number of aliphatic hydroxyl groups is 22. The molecule has 0 aromatic rings. The van der Waals surface area contributed by atoms with Crippen molar-refractivity contribution in [2.75, 3.05) is 52.8 Å². The zero-order valence-electron chi connectivity index (χ0n) is 43.7. The molecule has 6 fully saturated rings. The van der Waals surface area contributed by atoms with Crippen LogP contribution in [0.2, 0.25) is 0 Å². The molecule has 0 spiro atoms. The molecular formula is C43H76NO39P. The lowest BCUT2D eigenvalue weighted by Crippen LogP contribution is -2.69. The van der Waals surface area contributed by atoms with Crippen LogP contribution < -0.4 is 5.73 Å². The Morgan fingerprint density at radius 2 is 0.952 bits per heavy atom. The van der Waals surface area contributed by atoms with Gasteiger partial charge in [0.1, 0.15) is 159 Å². The highest BCUT2D eigenvalue weighted by Gasteiger charge is 2.60. The number of hydrogen-bond acceptors (Lipinski definition) is 38. The van der Waals surface area contributed by atoms with E-state index in [4.69, 9.17) is 62.4 Å². The van der Waals surface area contributed by atoms with E-state index in [1.807, 2.05) is 0 Å². The lowest BCUT2D eigenvalue weighted by molar-refractivity contribution is -0.402. The van der Waals surface area contributed by atoms with E-state index in [9.17, 15) is 132 Å². The highest BCUT2D eigenvalue weighted by atomic mass is 31.2. The van der Waals surface area contributed by atoms with Crippen LogP contribution in [-0.2, 0) is 70.5 Å². The minimum atomic E-state index is -5.05. The number of ether oxygens (including phenoxy) is 11. The molecule has 0 saturated carbocycles. The van der Waals surface area contributed by atoms with Crippen LogP contribution in [0.4, 0.5) is 0 Å². The van der Waals surface area contributed by atoms with Crippen molar-refractivity contribution in [2.24, 2.45) is 5.73 Å². The predicted octanol–water partition coefficient (Wildman–Crippen LogP) is -16.1. The fraction of sp³-hybridized carbons (Fsp3) is 0.977. The van der Waals surface area contributed by atoms with Crippen molar-refractivity contribution < 1.29 is 193 Å². The van der Waals surface area contributed by atoms with Crippen molar-refractivity contribution in [3.8, 4) is 0 Å². The number of carboxylic acids is 1. The standard InChI is InChI=1S/C43H76NO39P/c44-1-2-72-84(69,70)73-9-14(53)31-27(64)35(28(65)40(77-31)79-32-10(49)3-43(68,42(66)67)83-33(32)12(51)5-46)81-41-36(22(59)21(58)29(78-41)11(50)4-45)82-39-25(62)19(56)20(57)30(76-39)13(52)8-71-37-26(63)23(60)34(16(7-48)75-37)80-38-24(61)18(55)17(54)15(6-47)74-38/h10-41,45-65,68H,1-9,44H2,(H,66,67)(H,69,70)/t10-,11+,12-,13-,14+,15-,16-,17-,18+,19+,20+,21+,22+,23-,24-,25+,26-,27-,28+,29-,30-,31-,32-,33-,34+,35+,36+,37-,38-,39-,40-,41+,43-/m1/s1. The molecule has 40 nitrogen and oxygen atoms in total. The monoisotopic (exact) mass is 1260 g/mol. The largest absolute Gasteiger partial charge is 0.477 e. The predicted molar refractivity (Wildman–Crippen MR) is 252 cm³/mol. The normalized spacial score (nSPS) is 47.3. The van der Waals surface area contributed by atoms with Gasteiger partial charge in [-0.05, 0) is 0 Å². The fourth-order valence-electron chi connectivity index (χ4n) is 9.88. The van der Waals surface area contributed by atoms with Gasteiger partial charge in [-0.25, -0.2) is 9.36 Å². The van der Waals surface area contributed by atoms with Crippen molar-refractivity contribution in [2.45, 2.75) is 208 Å². The number of hydrogen-bond donors (Lipinski definition) is 25.